The number of rotatable bonds is 9. The van der Waals surface area contributed by atoms with E-state index in [4.69, 9.17) is 9.47 Å². The maximum atomic E-state index is 14.7. The number of aliphatic carboxylic acids is 1. The second-order valence-electron chi connectivity index (χ2n) is 10.9. The zero-order valence-corrected chi connectivity index (χ0v) is 24.0. The van der Waals surface area contributed by atoms with Crippen LogP contribution in [0.2, 0.25) is 0 Å². The first-order valence-corrected chi connectivity index (χ1v) is 14.8. The minimum Gasteiger partial charge on any atom is -0.496 e. The number of carbonyl (C=O) groups is 3. The van der Waals surface area contributed by atoms with Gasteiger partial charge in [-0.25, -0.2) is 12.8 Å². The second-order valence-corrected chi connectivity index (χ2v) is 12.9. The molecule has 0 aromatic heterocycles. The molecule has 2 aromatic carbocycles. The Morgan fingerprint density at radius 2 is 1.72 bits per heavy atom. The van der Waals surface area contributed by atoms with Crippen molar-refractivity contribution in [3.8, 4) is 11.5 Å². The average molecular weight is 631 g/mol. The topological polar surface area (TPSA) is 148 Å². The van der Waals surface area contributed by atoms with Crippen LogP contribution in [-0.4, -0.2) is 56.1 Å². The first-order chi connectivity index (χ1) is 20.1. The third-order valence-electron chi connectivity index (χ3n) is 7.80. The highest BCUT2D eigenvalue weighted by Crippen LogP contribution is 2.44. The van der Waals surface area contributed by atoms with Crippen LogP contribution >= 0.6 is 0 Å². The fourth-order valence-electron chi connectivity index (χ4n) is 5.33. The van der Waals surface area contributed by atoms with Crippen molar-refractivity contribution in [3.05, 3.63) is 47.8 Å². The summed E-state index contributed by atoms with van der Waals surface area (Å²) in [6.07, 6.45) is 1.73. The molecule has 0 saturated heterocycles. The van der Waals surface area contributed by atoms with Crippen LogP contribution in [0.4, 0.5) is 23.2 Å². The molecule has 15 heteroatoms. The minimum absolute atomic E-state index is 0.0889. The molecule has 43 heavy (non-hydrogen) atoms. The summed E-state index contributed by atoms with van der Waals surface area (Å²) in [6, 6.07) is 5.19. The van der Waals surface area contributed by atoms with E-state index >= 15 is 0 Å². The van der Waals surface area contributed by atoms with Crippen molar-refractivity contribution < 1.29 is 54.9 Å². The number of benzene rings is 2. The van der Waals surface area contributed by atoms with Gasteiger partial charge in [0.05, 0.1) is 28.9 Å². The molecule has 0 aliphatic heterocycles. The molecule has 0 bridgehead atoms. The van der Waals surface area contributed by atoms with Crippen molar-refractivity contribution in [2.24, 2.45) is 11.3 Å². The Morgan fingerprint density at radius 3 is 2.35 bits per heavy atom. The van der Waals surface area contributed by atoms with Gasteiger partial charge in [-0.1, -0.05) is 18.9 Å². The monoisotopic (exact) mass is 630 g/mol. The number of carbonyl (C=O) groups excluding carboxylic acids is 2. The van der Waals surface area contributed by atoms with E-state index in [-0.39, 0.29) is 35.6 Å². The van der Waals surface area contributed by atoms with Gasteiger partial charge >= 0.3 is 11.5 Å². The van der Waals surface area contributed by atoms with Gasteiger partial charge in [0.15, 0.2) is 11.6 Å². The summed E-state index contributed by atoms with van der Waals surface area (Å²) < 4.78 is 88.1. The first-order valence-electron chi connectivity index (χ1n) is 13.4. The molecule has 2 atom stereocenters. The number of hydrogen-bond donors (Lipinski definition) is 3. The Labute approximate surface area is 244 Å². The van der Waals surface area contributed by atoms with E-state index in [0.717, 1.165) is 24.3 Å². The molecule has 0 radical (unpaired) electrons. The zero-order valence-electron chi connectivity index (χ0n) is 23.2. The highest BCUT2D eigenvalue weighted by molar-refractivity contribution is 7.92. The molecule has 2 amide bonds. The van der Waals surface area contributed by atoms with Crippen molar-refractivity contribution in [1.29, 1.82) is 0 Å². The summed E-state index contributed by atoms with van der Waals surface area (Å²) in [5, 5.41) is 14.5. The van der Waals surface area contributed by atoms with Crippen LogP contribution in [0.15, 0.2) is 41.3 Å². The normalized spacial score (nSPS) is 23.9. The number of anilines is 1. The van der Waals surface area contributed by atoms with Gasteiger partial charge in [0.1, 0.15) is 11.9 Å². The van der Waals surface area contributed by atoms with Crippen molar-refractivity contribution in [3.63, 3.8) is 0 Å². The lowest BCUT2D eigenvalue weighted by molar-refractivity contribution is -0.159. The number of nitrogens with one attached hydrogen (secondary N) is 2. The van der Waals surface area contributed by atoms with Gasteiger partial charge < -0.3 is 25.2 Å². The number of sulfone groups is 1. The van der Waals surface area contributed by atoms with E-state index in [0.29, 0.717) is 31.7 Å². The Morgan fingerprint density at radius 1 is 1.05 bits per heavy atom. The lowest BCUT2D eigenvalue weighted by Gasteiger charge is -2.41. The van der Waals surface area contributed by atoms with Gasteiger partial charge in [0, 0.05) is 30.6 Å². The van der Waals surface area contributed by atoms with Gasteiger partial charge in [0.2, 0.25) is 5.91 Å². The highest BCUT2D eigenvalue weighted by atomic mass is 32.2. The molecule has 2 unspecified atom stereocenters. The molecular formula is C28H30F4N2O8S. The zero-order chi connectivity index (χ0) is 31.7. The third kappa shape index (κ3) is 6.71. The molecule has 3 N–H and O–H groups in total. The van der Waals surface area contributed by atoms with Crippen molar-refractivity contribution >= 4 is 33.3 Å². The summed E-state index contributed by atoms with van der Waals surface area (Å²) in [6.45, 7) is 1.55. The number of halogens is 4. The average Bonchev–Trinajstić information content (AvgIpc) is 2.92. The van der Waals surface area contributed by atoms with Gasteiger partial charge in [0.25, 0.3) is 15.7 Å². The van der Waals surface area contributed by atoms with Crippen LogP contribution in [0, 0.1) is 17.2 Å². The maximum Gasteiger partial charge on any atom is 0.501 e. The molecular weight excluding hydrogens is 600 g/mol. The SMILES string of the molecule is COc1cc(F)c(OC2CC(C)(C(=O)O)C2)cc1C(=O)NC1CCCCC1C(=O)Nc1cccc(S(=O)(=O)C(F)(F)F)c1. The van der Waals surface area contributed by atoms with E-state index < -0.39 is 67.3 Å². The third-order valence-corrected chi connectivity index (χ3v) is 9.28. The van der Waals surface area contributed by atoms with E-state index in [1.807, 2.05) is 0 Å². The Hall–Kier alpha value is -3.88. The number of methoxy groups -OCH3 is 1. The summed E-state index contributed by atoms with van der Waals surface area (Å²) >= 11 is 0. The smallest absolute Gasteiger partial charge is 0.496 e. The van der Waals surface area contributed by atoms with E-state index in [2.05, 4.69) is 10.6 Å². The van der Waals surface area contributed by atoms with Crippen LogP contribution in [0.3, 0.4) is 0 Å². The van der Waals surface area contributed by atoms with Gasteiger partial charge in [-0.3, -0.25) is 14.4 Å². The molecule has 0 heterocycles. The van der Waals surface area contributed by atoms with Gasteiger partial charge in [-0.15, -0.1) is 0 Å². The summed E-state index contributed by atoms with van der Waals surface area (Å²) in [5.74, 6) is -4.33. The Kier molecular flexibility index (Phi) is 8.95. The van der Waals surface area contributed by atoms with Gasteiger partial charge in [-0.2, -0.15) is 13.2 Å². The molecule has 10 nitrogen and oxygen atoms in total. The minimum atomic E-state index is -5.63. The molecule has 2 saturated carbocycles. The molecule has 2 fully saturated rings. The van der Waals surface area contributed by atoms with Crippen molar-refractivity contribution in [2.45, 2.75) is 68.0 Å². The number of hydrogen-bond acceptors (Lipinski definition) is 7. The summed E-state index contributed by atoms with van der Waals surface area (Å²) in [4.78, 5) is 36.8. The molecule has 2 aliphatic carbocycles. The molecule has 0 spiro atoms. The first kappa shape index (κ1) is 32.0. The van der Waals surface area contributed by atoms with Crippen LogP contribution in [0.25, 0.3) is 0 Å². The fourth-order valence-corrected chi connectivity index (χ4v) is 6.13. The van der Waals surface area contributed by atoms with E-state index in [1.54, 1.807) is 6.92 Å². The predicted molar refractivity (Wildman–Crippen MR) is 144 cm³/mol. The number of ether oxygens (including phenoxy) is 2. The van der Waals surface area contributed by atoms with E-state index in [9.17, 15) is 45.5 Å². The lowest BCUT2D eigenvalue weighted by Crippen LogP contribution is -2.47. The number of carboxylic acids is 1. The highest BCUT2D eigenvalue weighted by Gasteiger charge is 2.48. The maximum absolute atomic E-state index is 14.7. The summed E-state index contributed by atoms with van der Waals surface area (Å²) in [7, 11) is -4.39. The fraction of sp³-hybridized carbons (Fsp3) is 0.464. The second kappa shape index (κ2) is 12.0. The lowest BCUT2D eigenvalue weighted by atomic mass is 9.68. The number of amides is 2. The van der Waals surface area contributed by atoms with Crippen LogP contribution < -0.4 is 20.1 Å². The number of alkyl halides is 3. The summed E-state index contributed by atoms with van der Waals surface area (Å²) in [5.41, 5.74) is -6.76. The number of carboxylic acid groups (broad SMARTS) is 1. The molecule has 2 aliphatic rings. The standard InChI is InChI=1S/C28H30F4N2O8S/c1-27(26(37)38)13-16(14-27)42-23-11-19(22(41-2)12-20(23)29)25(36)34-21-9-4-3-8-18(21)24(35)33-15-6-5-7-17(10-15)43(39,40)28(30,31)32/h5-7,10-12,16,18,21H,3-4,8-9,13-14H2,1-2H3,(H,33,35)(H,34,36)(H,37,38). The van der Waals surface area contributed by atoms with Crippen LogP contribution in [0.1, 0.15) is 55.8 Å². The molecule has 234 valence electrons. The largest absolute Gasteiger partial charge is 0.501 e. The van der Waals surface area contributed by atoms with Crippen molar-refractivity contribution in [1.82, 2.24) is 5.32 Å². The van der Waals surface area contributed by atoms with E-state index in [1.165, 1.54) is 13.2 Å². The quantitative estimate of drug-likeness (QED) is 0.338. The Bertz CT molecular complexity index is 1520. The molecule has 4 rings (SSSR count). The van der Waals surface area contributed by atoms with Crippen molar-refractivity contribution in [2.75, 3.05) is 12.4 Å². The van der Waals surface area contributed by atoms with Gasteiger partial charge in [-0.05, 0) is 44.0 Å². The van der Waals surface area contributed by atoms with Crippen LogP contribution in [-0.2, 0) is 19.4 Å². The molecule has 2 aromatic rings. The predicted octanol–water partition coefficient (Wildman–Crippen LogP) is 4.69. The van der Waals surface area contributed by atoms with Crippen LogP contribution in [0.5, 0.6) is 11.5 Å². The Balaban J connectivity index is 1.49.